The molecule has 164 valence electrons. The van der Waals surface area contributed by atoms with E-state index in [0.717, 1.165) is 12.0 Å². The number of benzene rings is 2. The predicted molar refractivity (Wildman–Crippen MR) is 115 cm³/mol. The van der Waals surface area contributed by atoms with E-state index in [4.69, 9.17) is 14.2 Å². The summed E-state index contributed by atoms with van der Waals surface area (Å²) in [6.07, 6.45) is 0.766. The van der Waals surface area contributed by atoms with Crippen LogP contribution in [0.1, 0.15) is 53.5 Å². The average molecular weight is 425 g/mol. The van der Waals surface area contributed by atoms with Crippen molar-refractivity contribution >= 4 is 17.7 Å². The maximum atomic E-state index is 12.3. The van der Waals surface area contributed by atoms with E-state index in [0.29, 0.717) is 35.8 Å². The van der Waals surface area contributed by atoms with Crippen LogP contribution in [0.2, 0.25) is 0 Å². The number of hydrogen-bond donors (Lipinski definition) is 1. The van der Waals surface area contributed by atoms with Gasteiger partial charge >= 0.3 is 5.97 Å². The molecule has 0 saturated carbocycles. The molecule has 1 aliphatic heterocycles. The molecule has 0 saturated heterocycles. The number of carbonyl (C=O) groups is 3. The number of ketones is 1. The van der Waals surface area contributed by atoms with Gasteiger partial charge in [-0.1, -0.05) is 32.9 Å². The van der Waals surface area contributed by atoms with Crippen molar-refractivity contribution in [3.63, 3.8) is 0 Å². The monoisotopic (exact) mass is 425 g/mol. The van der Waals surface area contributed by atoms with Gasteiger partial charge in [0.1, 0.15) is 6.54 Å². The third kappa shape index (κ3) is 6.07. The van der Waals surface area contributed by atoms with E-state index in [1.54, 1.807) is 30.3 Å². The summed E-state index contributed by atoms with van der Waals surface area (Å²) in [4.78, 5) is 36.5. The second-order valence-electron chi connectivity index (χ2n) is 8.31. The van der Waals surface area contributed by atoms with Crippen molar-refractivity contribution in [1.29, 1.82) is 0 Å². The molecule has 0 aromatic heterocycles. The number of Topliss-reactive ketones (excluding diaryl/α,β-unsaturated/α-hetero) is 1. The van der Waals surface area contributed by atoms with Gasteiger partial charge in [0.25, 0.3) is 5.91 Å². The molecule has 0 bridgehead atoms. The molecule has 2 aromatic carbocycles. The van der Waals surface area contributed by atoms with Crippen molar-refractivity contribution in [3.8, 4) is 11.5 Å². The molecule has 0 atom stereocenters. The largest absolute Gasteiger partial charge is 0.490 e. The molecule has 1 heterocycles. The van der Waals surface area contributed by atoms with Crippen molar-refractivity contribution in [1.82, 2.24) is 5.32 Å². The van der Waals surface area contributed by atoms with Crippen LogP contribution in [0.5, 0.6) is 11.5 Å². The van der Waals surface area contributed by atoms with Gasteiger partial charge < -0.3 is 19.5 Å². The maximum absolute atomic E-state index is 12.3. The summed E-state index contributed by atoms with van der Waals surface area (Å²) in [5, 5.41) is 2.51. The van der Waals surface area contributed by atoms with Crippen LogP contribution in [-0.4, -0.2) is 44.0 Å². The smallest absolute Gasteiger partial charge is 0.325 e. The van der Waals surface area contributed by atoms with E-state index in [1.807, 2.05) is 12.1 Å². The number of rotatable bonds is 6. The summed E-state index contributed by atoms with van der Waals surface area (Å²) < 4.78 is 16.1. The standard InChI is InChI=1S/C24H27NO6/c1-24(2,3)18-8-5-16(6-9-18)23(28)25-14-22(27)31-15-19(26)17-7-10-20-21(13-17)30-12-4-11-29-20/h5-10,13H,4,11-12,14-15H2,1-3H3,(H,25,28). The maximum Gasteiger partial charge on any atom is 0.325 e. The van der Waals surface area contributed by atoms with Gasteiger partial charge in [-0.15, -0.1) is 0 Å². The van der Waals surface area contributed by atoms with Crippen LogP contribution in [0.25, 0.3) is 0 Å². The minimum Gasteiger partial charge on any atom is -0.490 e. The SMILES string of the molecule is CC(C)(C)c1ccc(C(=O)NCC(=O)OCC(=O)c2ccc3c(c2)OCCCO3)cc1. The Kier molecular flexibility index (Phi) is 6.95. The highest BCUT2D eigenvalue weighted by Gasteiger charge is 2.17. The second-order valence-corrected chi connectivity index (χ2v) is 8.31. The molecule has 1 amide bonds. The molecule has 0 fully saturated rings. The van der Waals surface area contributed by atoms with Crippen LogP contribution in [0, 0.1) is 0 Å². The number of ether oxygens (including phenoxy) is 3. The first kappa shape index (κ1) is 22.3. The number of carbonyl (C=O) groups excluding carboxylic acids is 3. The number of fused-ring (bicyclic) bond motifs is 1. The van der Waals surface area contributed by atoms with Crippen molar-refractivity contribution < 1.29 is 28.6 Å². The molecule has 1 N–H and O–H groups in total. The van der Waals surface area contributed by atoms with Crippen molar-refractivity contribution in [3.05, 3.63) is 59.2 Å². The normalized spacial score (nSPS) is 13.1. The van der Waals surface area contributed by atoms with E-state index >= 15 is 0 Å². The highest BCUT2D eigenvalue weighted by Crippen LogP contribution is 2.30. The van der Waals surface area contributed by atoms with Gasteiger partial charge in [-0.3, -0.25) is 14.4 Å². The Morgan fingerprint density at radius 1 is 0.935 bits per heavy atom. The zero-order chi connectivity index (χ0) is 22.4. The molecule has 0 radical (unpaired) electrons. The van der Waals surface area contributed by atoms with Crippen LogP contribution < -0.4 is 14.8 Å². The second kappa shape index (κ2) is 9.64. The fourth-order valence-electron chi connectivity index (χ4n) is 2.99. The Morgan fingerprint density at radius 2 is 1.58 bits per heavy atom. The van der Waals surface area contributed by atoms with Gasteiger partial charge in [0.15, 0.2) is 23.9 Å². The van der Waals surface area contributed by atoms with E-state index in [1.165, 1.54) is 0 Å². The lowest BCUT2D eigenvalue weighted by Gasteiger charge is -2.19. The third-order valence-corrected chi connectivity index (χ3v) is 4.84. The van der Waals surface area contributed by atoms with E-state index < -0.39 is 12.6 Å². The molecular weight excluding hydrogens is 398 g/mol. The molecule has 0 aliphatic carbocycles. The molecule has 0 unspecified atom stereocenters. The quantitative estimate of drug-likeness (QED) is 0.564. The lowest BCUT2D eigenvalue weighted by Crippen LogP contribution is -2.31. The van der Waals surface area contributed by atoms with Crippen LogP contribution in [0.4, 0.5) is 0 Å². The van der Waals surface area contributed by atoms with Crippen LogP contribution in [-0.2, 0) is 14.9 Å². The van der Waals surface area contributed by atoms with E-state index in [-0.39, 0.29) is 23.7 Å². The summed E-state index contributed by atoms with van der Waals surface area (Å²) in [6, 6.07) is 12.1. The number of amides is 1. The lowest BCUT2D eigenvalue weighted by atomic mass is 9.87. The van der Waals surface area contributed by atoms with Crippen LogP contribution in [0.15, 0.2) is 42.5 Å². The van der Waals surface area contributed by atoms with Crippen LogP contribution >= 0.6 is 0 Å². The lowest BCUT2D eigenvalue weighted by molar-refractivity contribution is -0.141. The number of esters is 1. The fraction of sp³-hybridized carbons (Fsp3) is 0.375. The van der Waals surface area contributed by atoms with Crippen molar-refractivity contribution in [2.75, 3.05) is 26.4 Å². The minimum absolute atomic E-state index is 0.0121. The molecule has 3 rings (SSSR count). The zero-order valence-electron chi connectivity index (χ0n) is 18.0. The molecular formula is C24H27NO6. The summed E-state index contributed by atoms with van der Waals surface area (Å²) in [7, 11) is 0. The van der Waals surface area contributed by atoms with E-state index in [9.17, 15) is 14.4 Å². The minimum atomic E-state index is -0.692. The Labute approximate surface area is 181 Å². The summed E-state index contributed by atoms with van der Waals surface area (Å²) in [5.74, 6) is -0.356. The van der Waals surface area contributed by atoms with Gasteiger partial charge in [0.2, 0.25) is 0 Å². The van der Waals surface area contributed by atoms with Gasteiger partial charge in [-0.05, 0) is 41.3 Å². The topological polar surface area (TPSA) is 90.9 Å². The molecule has 0 spiro atoms. The average Bonchev–Trinajstić information content (AvgIpc) is 3.00. The number of hydrogen-bond acceptors (Lipinski definition) is 6. The first-order chi connectivity index (χ1) is 14.7. The Morgan fingerprint density at radius 3 is 2.26 bits per heavy atom. The van der Waals surface area contributed by atoms with Gasteiger partial charge in [-0.25, -0.2) is 0 Å². The van der Waals surface area contributed by atoms with Gasteiger partial charge in [-0.2, -0.15) is 0 Å². The first-order valence-electron chi connectivity index (χ1n) is 10.2. The molecule has 2 aromatic rings. The zero-order valence-corrected chi connectivity index (χ0v) is 18.0. The first-order valence-corrected chi connectivity index (χ1v) is 10.2. The van der Waals surface area contributed by atoms with Crippen LogP contribution in [0.3, 0.4) is 0 Å². The van der Waals surface area contributed by atoms with Gasteiger partial charge in [0.05, 0.1) is 13.2 Å². The third-order valence-electron chi connectivity index (χ3n) is 4.84. The Balaban J connectivity index is 1.47. The van der Waals surface area contributed by atoms with Crippen molar-refractivity contribution in [2.24, 2.45) is 0 Å². The molecule has 7 nitrogen and oxygen atoms in total. The summed E-state index contributed by atoms with van der Waals surface area (Å²) in [6.45, 7) is 6.59. The molecule has 1 aliphatic rings. The molecule has 7 heteroatoms. The van der Waals surface area contributed by atoms with Crippen molar-refractivity contribution in [2.45, 2.75) is 32.6 Å². The van der Waals surface area contributed by atoms with Gasteiger partial charge in [0, 0.05) is 17.5 Å². The Bertz CT molecular complexity index is 959. The number of nitrogens with one attached hydrogen (secondary N) is 1. The molecule has 31 heavy (non-hydrogen) atoms. The van der Waals surface area contributed by atoms with E-state index in [2.05, 4.69) is 26.1 Å². The fourth-order valence-corrected chi connectivity index (χ4v) is 2.99. The predicted octanol–water partition coefficient (Wildman–Crippen LogP) is 3.30. The highest BCUT2D eigenvalue weighted by atomic mass is 16.5. The summed E-state index contributed by atoms with van der Waals surface area (Å²) in [5.41, 5.74) is 1.91. The highest BCUT2D eigenvalue weighted by molar-refractivity contribution is 5.99. The Hall–Kier alpha value is -3.35. The summed E-state index contributed by atoms with van der Waals surface area (Å²) >= 11 is 0.